The number of nitriles is 1. The number of nitrogens with zero attached hydrogens (tertiary/aromatic N) is 7. The number of carbonyl (C=O) groups is 3. The van der Waals surface area contributed by atoms with Gasteiger partial charge in [0.05, 0.1) is 54.1 Å². The van der Waals surface area contributed by atoms with Crippen molar-refractivity contribution in [2.75, 3.05) is 33.4 Å². The fourth-order valence-corrected chi connectivity index (χ4v) is 6.37. The van der Waals surface area contributed by atoms with Crippen molar-refractivity contribution in [3.8, 4) is 17.6 Å². The Morgan fingerprint density at radius 1 is 1.19 bits per heavy atom. The predicted molar refractivity (Wildman–Crippen MR) is 175 cm³/mol. The Labute approximate surface area is 276 Å². The third kappa shape index (κ3) is 6.15. The molecule has 246 valence electrons. The van der Waals surface area contributed by atoms with Gasteiger partial charge in [-0.2, -0.15) is 9.94 Å². The van der Waals surface area contributed by atoms with Crippen LogP contribution in [0.1, 0.15) is 52.7 Å². The molecule has 4 aromatic rings. The smallest absolute Gasteiger partial charge is 0.295 e. The van der Waals surface area contributed by atoms with Gasteiger partial charge in [0.1, 0.15) is 12.1 Å². The van der Waals surface area contributed by atoms with Crippen LogP contribution in [0.15, 0.2) is 66.9 Å². The standard InChI is InChI=1S/C34H35N9O5/c1-3-11-42-18-23(14-24(42)19-44)39-33(46)31-38-20-43(40-31)32-29-28(27(48-2)17-37-32)26(16-36-29)30(45)34(47)41-12-9-22(10-13-41)25(15-35)21-7-5-4-6-8-21/h3-8,11,16-17,20,23-24,36,44H,9-10,12-14,18-19H2,1-2H3,(H,39,46)/b11-3+/t23-,24-/m0/s1. The van der Waals surface area contributed by atoms with Crippen molar-refractivity contribution < 1.29 is 24.2 Å². The van der Waals surface area contributed by atoms with E-state index >= 15 is 0 Å². The number of pyridine rings is 1. The second kappa shape index (κ2) is 13.9. The third-order valence-corrected chi connectivity index (χ3v) is 8.75. The van der Waals surface area contributed by atoms with Crippen LogP contribution in [0.2, 0.25) is 0 Å². The summed E-state index contributed by atoms with van der Waals surface area (Å²) in [5.41, 5.74) is 2.88. The second-order valence-corrected chi connectivity index (χ2v) is 11.6. The maximum Gasteiger partial charge on any atom is 0.295 e. The summed E-state index contributed by atoms with van der Waals surface area (Å²) in [6.45, 7) is 3.03. The number of methoxy groups -OCH3 is 1. The van der Waals surface area contributed by atoms with Gasteiger partial charge in [-0.15, -0.1) is 5.10 Å². The molecule has 2 saturated heterocycles. The zero-order chi connectivity index (χ0) is 33.8. The summed E-state index contributed by atoms with van der Waals surface area (Å²) in [6.07, 6.45) is 9.53. The van der Waals surface area contributed by atoms with Crippen molar-refractivity contribution in [1.29, 1.82) is 5.26 Å². The SMILES string of the molecule is C/C=C/N1C[C@@H](NC(=O)c2ncn(-c3ncc(OC)c4c(C(=O)C(=O)N5CCC(=C(C#N)c6ccccc6)CC5)c[nH]c34)n2)C[C@H]1CO. The highest BCUT2D eigenvalue weighted by Gasteiger charge is 2.32. The molecule has 0 aliphatic carbocycles. The van der Waals surface area contributed by atoms with Crippen molar-refractivity contribution in [2.24, 2.45) is 0 Å². The Morgan fingerprint density at radius 3 is 2.65 bits per heavy atom. The number of H-pyrrole nitrogens is 1. The van der Waals surface area contributed by atoms with Crippen LogP contribution >= 0.6 is 0 Å². The molecule has 0 spiro atoms. The summed E-state index contributed by atoms with van der Waals surface area (Å²) >= 11 is 0. The highest BCUT2D eigenvalue weighted by Crippen LogP contribution is 2.33. The molecule has 6 rings (SSSR count). The molecule has 0 radical (unpaired) electrons. The fourth-order valence-electron chi connectivity index (χ4n) is 6.37. The van der Waals surface area contributed by atoms with Gasteiger partial charge in [-0.3, -0.25) is 14.4 Å². The van der Waals surface area contributed by atoms with Gasteiger partial charge < -0.3 is 29.9 Å². The van der Waals surface area contributed by atoms with Crippen LogP contribution in [0.3, 0.4) is 0 Å². The van der Waals surface area contributed by atoms with Crippen LogP contribution in [0.5, 0.6) is 5.75 Å². The van der Waals surface area contributed by atoms with Crippen molar-refractivity contribution in [2.45, 2.75) is 38.3 Å². The number of Topliss-reactive ketones (excluding diaryl/α,β-unsaturated/α-hetero) is 1. The minimum Gasteiger partial charge on any atom is -0.494 e. The van der Waals surface area contributed by atoms with E-state index in [0.29, 0.717) is 55.4 Å². The maximum atomic E-state index is 13.6. The van der Waals surface area contributed by atoms with E-state index in [4.69, 9.17) is 4.74 Å². The number of rotatable bonds is 9. The fraction of sp³-hybridized carbons (Fsp3) is 0.324. The molecule has 3 aromatic heterocycles. The molecule has 48 heavy (non-hydrogen) atoms. The summed E-state index contributed by atoms with van der Waals surface area (Å²) in [5, 5.41) is 27.1. The lowest BCUT2D eigenvalue weighted by Gasteiger charge is -2.28. The van der Waals surface area contributed by atoms with E-state index in [1.54, 1.807) is 0 Å². The van der Waals surface area contributed by atoms with E-state index in [0.717, 1.165) is 11.1 Å². The summed E-state index contributed by atoms with van der Waals surface area (Å²) < 4.78 is 6.83. The molecular weight excluding hydrogens is 614 g/mol. The van der Waals surface area contributed by atoms with Crippen molar-refractivity contribution >= 4 is 34.1 Å². The monoisotopic (exact) mass is 649 g/mol. The number of amides is 2. The molecule has 14 heteroatoms. The Bertz CT molecular complexity index is 1950. The molecular formula is C34H35N9O5. The molecule has 0 bridgehead atoms. The number of ether oxygens (including phenoxy) is 1. The topological polar surface area (TPSA) is 182 Å². The minimum absolute atomic E-state index is 0.0246. The molecule has 2 atom stereocenters. The molecule has 2 fully saturated rings. The molecule has 3 N–H and O–H groups in total. The largest absolute Gasteiger partial charge is 0.494 e. The quantitative estimate of drug-likeness (QED) is 0.138. The Balaban J connectivity index is 1.19. The number of fused-ring (bicyclic) bond motifs is 1. The molecule has 0 saturated carbocycles. The molecule has 2 aliphatic heterocycles. The summed E-state index contributed by atoms with van der Waals surface area (Å²) in [5.74, 6) is -1.38. The van der Waals surface area contributed by atoms with Crippen LogP contribution in [0.25, 0.3) is 22.3 Å². The van der Waals surface area contributed by atoms with E-state index in [9.17, 15) is 24.8 Å². The van der Waals surface area contributed by atoms with E-state index < -0.39 is 17.6 Å². The number of aliphatic hydroxyl groups is 1. The van der Waals surface area contributed by atoms with E-state index in [1.165, 1.54) is 35.4 Å². The van der Waals surface area contributed by atoms with Crippen LogP contribution < -0.4 is 10.1 Å². The predicted octanol–water partition coefficient (Wildman–Crippen LogP) is 2.63. The minimum atomic E-state index is -0.712. The Morgan fingerprint density at radius 2 is 1.96 bits per heavy atom. The molecule has 2 amide bonds. The average molecular weight is 650 g/mol. The summed E-state index contributed by atoms with van der Waals surface area (Å²) in [7, 11) is 1.44. The van der Waals surface area contributed by atoms with Crippen molar-refractivity contribution in [1.82, 2.24) is 39.8 Å². The van der Waals surface area contributed by atoms with E-state index in [-0.39, 0.29) is 41.6 Å². The molecule has 0 unspecified atom stereocenters. The van der Waals surface area contributed by atoms with E-state index in [2.05, 4.69) is 31.4 Å². The number of piperidine rings is 1. The number of nitrogens with one attached hydrogen (secondary N) is 2. The third-order valence-electron chi connectivity index (χ3n) is 8.75. The van der Waals surface area contributed by atoms with Gasteiger partial charge in [0.15, 0.2) is 5.82 Å². The Kier molecular flexibility index (Phi) is 9.31. The van der Waals surface area contributed by atoms with Crippen LogP contribution in [0, 0.1) is 11.3 Å². The first-order valence-corrected chi connectivity index (χ1v) is 15.6. The lowest BCUT2D eigenvalue weighted by Crippen LogP contribution is -2.40. The number of aromatic amines is 1. The first-order valence-electron chi connectivity index (χ1n) is 15.6. The number of hydrogen-bond acceptors (Lipinski definition) is 10. The molecule has 2 aliphatic rings. The molecule has 14 nitrogen and oxygen atoms in total. The zero-order valence-corrected chi connectivity index (χ0v) is 26.6. The van der Waals surface area contributed by atoms with Gasteiger partial charge in [-0.1, -0.05) is 36.4 Å². The van der Waals surface area contributed by atoms with Crippen molar-refractivity contribution in [3.63, 3.8) is 0 Å². The lowest BCUT2D eigenvalue weighted by molar-refractivity contribution is -0.126. The zero-order valence-electron chi connectivity index (χ0n) is 26.6. The summed E-state index contributed by atoms with van der Waals surface area (Å²) in [4.78, 5) is 55.3. The van der Waals surface area contributed by atoms with E-state index in [1.807, 2.05) is 54.4 Å². The number of aromatic nitrogens is 5. The number of carbonyl (C=O) groups excluding carboxylic acids is 3. The summed E-state index contributed by atoms with van der Waals surface area (Å²) in [6, 6.07) is 11.4. The molecule has 1 aromatic carbocycles. The number of aliphatic hydroxyl groups excluding tert-OH is 1. The number of allylic oxidation sites excluding steroid dienone is 2. The van der Waals surface area contributed by atoms with Gasteiger partial charge >= 0.3 is 0 Å². The highest BCUT2D eigenvalue weighted by atomic mass is 16.5. The first kappa shape index (κ1) is 32.1. The second-order valence-electron chi connectivity index (χ2n) is 11.6. The number of hydrogen-bond donors (Lipinski definition) is 3. The number of likely N-dealkylation sites (tertiary alicyclic amines) is 2. The van der Waals surface area contributed by atoms with Crippen molar-refractivity contribution in [3.05, 3.63) is 83.9 Å². The highest BCUT2D eigenvalue weighted by molar-refractivity contribution is 6.45. The van der Waals surface area contributed by atoms with Gasteiger partial charge in [-0.25, -0.2) is 9.97 Å². The first-order chi connectivity index (χ1) is 23.4. The van der Waals surface area contributed by atoms with Crippen LogP contribution in [-0.4, -0.2) is 103 Å². The van der Waals surface area contributed by atoms with Gasteiger partial charge in [0.2, 0.25) is 5.82 Å². The van der Waals surface area contributed by atoms with Gasteiger partial charge in [-0.05, 0) is 43.5 Å². The van der Waals surface area contributed by atoms with Gasteiger partial charge in [0.25, 0.3) is 17.6 Å². The van der Waals surface area contributed by atoms with Gasteiger partial charge in [0, 0.05) is 31.9 Å². The molecule has 5 heterocycles. The average Bonchev–Trinajstić information content (AvgIpc) is 3.88. The van der Waals surface area contributed by atoms with Crippen LogP contribution in [0.4, 0.5) is 0 Å². The van der Waals surface area contributed by atoms with Crippen LogP contribution in [-0.2, 0) is 4.79 Å². The lowest BCUT2D eigenvalue weighted by atomic mass is 9.93. The normalized spacial score (nSPS) is 17.9. The maximum absolute atomic E-state index is 13.6. The Hall–Kier alpha value is -5.81. The number of ketones is 1. The number of benzene rings is 1.